The summed E-state index contributed by atoms with van der Waals surface area (Å²) in [5.74, 6) is 0.0596. The maximum absolute atomic E-state index is 13.0. The Hall–Kier alpha value is -2.25. The number of fused-ring (bicyclic) bond motifs is 2. The second-order valence-corrected chi connectivity index (χ2v) is 9.20. The molecule has 1 aromatic rings. The van der Waals surface area contributed by atoms with Gasteiger partial charge in [0.15, 0.2) is 0 Å². The molecule has 7 heteroatoms. The van der Waals surface area contributed by atoms with Crippen molar-refractivity contribution < 1.29 is 14.4 Å². The standard InChI is InChI=1S/C23H30N4O3/c28-21-9-8-20(22(29)26-21)27-13-18-15(3-1-5-17(18)23(27)30)12-25-16-6-7-19-14(11-16)4-2-10-24-19/h1,3,5,14,16,19-20,24-25H,2,4,6-13H2,(H,26,28,29). The topological polar surface area (TPSA) is 90.5 Å². The summed E-state index contributed by atoms with van der Waals surface area (Å²) in [6, 6.07) is 6.52. The Bertz CT molecular complexity index is 870. The molecule has 4 unspecified atom stereocenters. The van der Waals surface area contributed by atoms with E-state index in [0.29, 0.717) is 30.6 Å². The van der Waals surface area contributed by atoms with E-state index in [4.69, 9.17) is 0 Å². The summed E-state index contributed by atoms with van der Waals surface area (Å²) in [6.45, 7) is 2.35. The summed E-state index contributed by atoms with van der Waals surface area (Å²) in [7, 11) is 0. The van der Waals surface area contributed by atoms with E-state index < -0.39 is 6.04 Å². The van der Waals surface area contributed by atoms with E-state index in [0.717, 1.165) is 30.1 Å². The summed E-state index contributed by atoms with van der Waals surface area (Å²) < 4.78 is 0. The zero-order valence-electron chi connectivity index (χ0n) is 17.3. The maximum Gasteiger partial charge on any atom is 0.255 e. The average Bonchev–Trinajstić information content (AvgIpc) is 3.09. The summed E-state index contributed by atoms with van der Waals surface area (Å²) in [5.41, 5.74) is 2.85. The third-order valence-electron chi connectivity index (χ3n) is 7.40. The van der Waals surface area contributed by atoms with Crippen LogP contribution >= 0.6 is 0 Å². The second-order valence-electron chi connectivity index (χ2n) is 9.20. The predicted octanol–water partition coefficient (Wildman–Crippen LogP) is 1.46. The molecule has 0 radical (unpaired) electrons. The van der Waals surface area contributed by atoms with Crippen molar-refractivity contribution in [1.29, 1.82) is 0 Å². The number of rotatable bonds is 4. The number of hydrogen-bond acceptors (Lipinski definition) is 5. The lowest BCUT2D eigenvalue weighted by Gasteiger charge is -2.40. The lowest BCUT2D eigenvalue weighted by atomic mass is 9.77. The van der Waals surface area contributed by atoms with Crippen molar-refractivity contribution in [3.8, 4) is 0 Å². The molecule has 3 amide bonds. The summed E-state index contributed by atoms with van der Waals surface area (Å²) >= 11 is 0. The van der Waals surface area contributed by atoms with Crippen molar-refractivity contribution in [2.45, 2.75) is 76.2 Å². The number of piperidine rings is 2. The molecule has 3 heterocycles. The van der Waals surface area contributed by atoms with E-state index in [2.05, 4.69) is 22.0 Å². The number of carbonyl (C=O) groups is 3. The van der Waals surface area contributed by atoms with Crippen LogP contribution in [0.1, 0.15) is 66.4 Å². The second kappa shape index (κ2) is 8.12. The van der Waals surface area contributed by atoms with E-state index in [-0.39, 0.29) is 24.1 Å². The number of imide groups is 1. The highest BCUT2D eigenvalue weighted by atomic mass is 16.2. The van der Waals surface area contributed by atoms with Crippen molar-refractivity contribution in [3.63, 3.8) is 0 Å². The normalized spacial score (nSPS) is 31.3. The van der Waals surface area contributed by atoms with Gasteiger partial charge in [-0.3, -0.25) is 19.7 Å². The van der Waals surface area contributed by atoms with Crippen LogP contribution in [0.2, 0.25) is 0 Å². The molecule has 0 aromatic heterocycles. The van der Waals surface area contributed by atoms with Crippen LogP contribution in [0, 0.1) is 5.92 Å². The summed E-state index contributed by atoms with van der Waals surface area (Å²) in [6.07, 6.45) is 6.92. The maximum atomic E-state index is 13.0. The zero-order chi connectivity index (χ0) is 20.7. The van der Waals surface area contributed by atoms with E-state index in [1.165, 1.54) is 32.1 Å². The smallest absolute Gasteiger partial charge is 0.255 e. The molecule has 1 saturated carbocycles. The minimum atomic E-state index is -0.558. The van der Waals surface area contributed by atoms with Gasteiger partial charge in [0.05, 0.1) is 0 Å². The van der Waals surface area contributed by atoms with Gasteiger partial charge < -0.3 is 15.5 Å². The molecular formula is C23H30N4O3. The molecule has 4 aliphatic rings. The number of nitrogens with zero attached hydrogens (tertiary/aromatic N) is 1. The summed E-state index contributed by atoms with van der Waals surface area (Å²) in [4.78, 5) is 38.3. The highest BCUT2D eigenvalue weighted by Crippen LogP contribution is 2.32. The van der Waals surface area contributed by atoms with Crippen molar-refractivity contribution in [1.82, 2.24) is 20.9 Å². The highest BCUT2D eigenvalue weighted by molar-refractivity contribution is 6.05. The van der Waals surface area contributed by atoms with Gasteiger partial charge in [0.25, 0.3) is 5.91 Å². The SMILES string of the molecule is O=C1CCC(N2Cc3c(CNC4CCC5NCCCC5C4)cccc3C2=O)C(=O)N1. The van der Waals surface area contributed by atoms with Gasteiger partial charge in [-0.25, -0.2) is 0 Å². The quantitative estimate of drug-likeness (QED) is 0.654. The molecule has 1 aromatic carbocycles. The van der Waals surface area contributed by atoms with Gasteiger partial charge in [0, 0.05) is 37.2 Å². The monoisotopic (exact) mass is 410 g/mol. The van der Waals surface area contributed by atoms with Gasteiger partial charge in [0.2, 0.25) is 11.8 Å². The first-order valence-electron chi connectivity index (χ1n) is 11.3. The summed E-state index contributed by atoms with van der Waals surface area (Å²) in [5, 5.41) is 9.78. The molecule has 3 N–H and O–H groups in total. The molecule has 160 valence electrons. The Balaban J connectivity index is 1.25. The van der Waals surface area contributed by atoms with Crippen LogP contribution < -0.4 is 16.0 Å². The van der Waals surface area contributed by atoms with E-state index in [1.807, 2.05) is 12.1 Å². The Labute approximate surface area is 177 Å². The Kier molecular flexibility index (Phi) is 5.33. The average molecular weight is 411 g/mol. The van der Waals surface area contributed by atoms with Crippen LogP contribution in [0.4, 0.5) is 0 Å². The lowest BCUT2D eigenvalue weighted by molar-refractivity contribution is -0.136. The van der Waals surface area contributed by atoms with Gasteiger partial charge >= 0.3 is 0 Å². The first-order valence-corrected chi connectivity index (χ1v) is 11.3. The minimum absolute atomic E-state index is 0.102. The molecule has 4 atom stereocenters. The largest absolute Gasteiger partial charge is 0.322 e. The number of nitrogens with one attached hydrogen (secondary N) is 3. The molecule has 3 aliphatic heterocycles. The van der Waals surface area contributed by atoms with Crippen molar-refractivity contribution in [2.75, 3.05) is 6.54 Å². The van der Waals surface area contributed by atoms with Gasteiger partial charge in [-0.2, -0.15) is 0 Å². The predicted molar refractivity (Wildman–Crippen MR) is 111 cm³/mol. The Morgan fingerprint density at radius 3 is 2.87 bits per heavy atom. The van der Waals surface area contributed by atoms with Crippen LogP contribution in [0.15, 0.2) is 18.2 Å². The van der Waals surface area contributed by atoms with Crippen molar-refractivity contribution in [3.05, 3.63) is 34.9 Å². The molecular weight excluding hydrogens is 380 g/mol. The minimum Gasteiger partial charge on any atom is -0.322 e. The molecule has 1 aliphatic carbocycles. The molecule has 2 saturated heterocycles. The third-order valence-corrected chi connectivity index (χ3v) is 7.40. The van der Waals surface area contributed by atoms with Crippen LogP contribution in [0.25, 0.3) is 0 Å². The first-order chi connectivity index (χ1) is 14.6. The molecule has 7 nitrogen and oxygen atoms in total. The highest BCUT2D eigenvalue weighted by Gasteiger charge is 2.40. The zero-order valence-corrected chi connectivity index (χ0v) is 17.3. The van der Waals surface area contributed by atoms with Gasteiger partial charge in [0.1, 0.15) is 6.04 Å². The van der Waals surface area contributed by atoms with Crippen LogP contribution in [0.5, 0.6) is 0 Å². The number of amides is 3. The molecule has 5 rings (SSSR count). The fraction of sp³-hybridized carbons (Fsp3) is 0.609. The van der Waals surface area contributed by atoms with Crippen LogP contribution in [-0.4, -0.2) is 47.3 Å². The van der Waals surface area contributed by atoms with Gasteiger partial charge in [-0.05, 0) is 68.2 Å². The van der Waals surface area contributed by atoms with Gasteiger partial charge in [-0.1, -0.05) is 12.1 Å². The van der Waals surface area contributed by atoms with Crippen LogP contribution in [0.3, 0.4) is 0 Å². The van der Waals surface area contributed by atoms with E-state index >= 15 is 0 Å². The van der Waals surface area contributed by atoms with E-state index in [1.54, 1.807) is 4.90 Å². The number of carbonyl (C=O) groups excluding carboxylic acids is 3. The molecule has 0 bridgehead atoms. The lowest BCUT2D eigenvalue weighted by Crippen LogP contribution is -2.52. The first kappa shape index (κ1) is 19.7. The van der Waals surface area contributed by atoms with E-state index in [9.17, 15) is 14.4 Å². The molecule has 30 heavy (non-hydrogen) atoms. The fourth-order valence-electron chi connectivity index (χ4n) is 5.76. The number of benzene rings is 1. The molecule has 3 fully saturated rings. The van der Waals surface area contributed by atoms with Crippen molar-refractivity contribution >= 4 is 17.7 Å². The van der Waals surface area contributed by atoms with Crippen molar-refractivity contribution in [2.24, 2.45) is 5.92 Å². The third kappa shape index (κ3) is 3.65. The fourth-order valence-corrected chi connectivity index (χ4v) is 5.76. The Morgan fingerprint density at radius 2 is 2.00 bits per heavy atom. The van der Waals surface area contributed by atoms with Gasteiger partial charge in [-0.15, -0.1) is 0 Å². The molecule has 0 spiro atoms. The Morgan fingerprint density at radius 1 is 1.10 bits per heavy atom. The van der Waals surface area contributed by atoms with Crippen LogP contribution in [-0.2, 0) is 22.7 Å². The number of hydrogen-bond donors (Lipinski definition) is 3.